The van der Waals surface area contributed by atoms with Crippen LogP contribution in [0.3, 0.4) is 0 Å². The van der Waals surface area contributed by atoms with Gasteiger partial charge in [0, 0.05) is 20.5 Å². The summed E-state index contributed by atoms with van der Waals surface area (Å²) in [5, 5.41) is 0. The summed E-state index contributed by atoms with van der Waals surface area (Å²) < 4.78 is 0.564. The first-order chi connectivity index (χ1) is 8.16. The Hall–Kier alpha value is -1.17. The van der Waals surface area contributed by atoms with Crippen molar-refractivity contribution in [2.24, 2.45) is 11.3 Å². The average Bonchev–Trinajstić information content (AvgIpc) is 2.29. The topological polar surface area (TPSA) is 57.7 Å². The summed E-state index contributed by atoms with van der Waals surface area (Å²) in [6.45, 7) is 7.29. The lowest BCUT2D eigenvalue weighted by molar-refractivity contribution is -0.160. The lowest BCUT2D eigenvalue weighted by Crippen LogP contribution is -2.64. The van der Waals surface area contributed by atoms with Gasteiger partial charge in [-0.3, -0.25) is 19.4 Å². The predicted molar refractivity (Wildman–Crippen MR) is 70.9 cm³/mol. The van der Waals surface area contributed by atoms with E-state index in [-0.39, 0.29) is 12.3 Å². The van der Waals surface area contributed by atoms with Gasteiger partial charge >= 0.3 is 6.03 Å². The van der Waals surface area contributed by atoms with Crippen LogP contribution in [0.5, 0.6) is 0 Å². The summed E-state index contributed by atoms with van der Waals surface area (Å²) in [6, 6.07) is -0.596. The quantitative estimate of drug-likeness (QED) is 0.748. The molecule has 1 heterocycles. The highest BCUT2D eigenvalue weighted by Crippen LogP contribution is 2.41. The number of imide groups is 2. The predicted octanol–water partition coefficient (Wildman–Crippen LogP) is 1.98. The molecule has 0 radical (unpaired) electrons. The number of hydrogen-bond acceptors (Lipinski definition) is 3. The van der Waals surface area contributed by atoms with E-state index < -0.39 is 23.3 Å². The van der Waals surface area contributed by atoms with Crippen LogP contribution in [0, 0.1) is 11.3 Å². The van der Waals surface area contributed by atoms with Crippen molar-refractivity contribution in [3.05, 3.63) is 11.1 Å². The molecule has 6 heteroatoms. The minimum atomic E-state index is -1.25. The second-order valence-electron chi connectivity index (χ2n) is 4.83. The molecule has 4 amide bonds. The maximum atomic E-state index is 12.4. The number of hydrogen-bond donors (Lipinski definition) is 0. The van der Waals surface area contributed by atoms with Gasteiger partial charge in [0.1, 0.15) is 5.41 Å². The molecule has 0 aromatic carbocycles. The fraction of sp³-hybridized carbons (Fsp3) is 0.583. The molecular weight excluding hydrogens is 300 g/mol. The summed E-state index contributed by atoms with van der Waals surface area (Å²) in [6.07, 6.45) is 0.185. The molecule has 1 aliphatic rings. The van der Waals surface area contributed by atoms with Crippen LogP contribution in [0.2, 0.25) is 0 Å². The number of urea groups is 1. The molecule has 0 aromatic rings. The van der Waals surface area contributed by atoms with E-state index in [1.807, 2.05) is 0 Å². The van der Waals surface area contributed by atoms with E-state index >= 15 is 0 Å². The Balaban J connectivity index is 3.38. The number of halogens is 1. The van der Waals surface area contributed by atoms with E-state index in [9.17, 15) is 14.4 Å². The molecule has 100 valence electrons. The number of carbonyl (C=O) groups excluding carboxylic acids is 3. The van der Waals surface area contributed by atoms with Gasteiger partial charge in [-0.1, -0.05) is 36.4 Å². The zero-order chi connectivity index (χ0) is 14.2. The molecule has 0 saturated carbocycles. The smallest absolute Gasteiger partial charge is 0.273 e. The molecule has 1 saturated heterocycles. The third-order valence-electron chi connectivity index (χ3n) is 3.40. The Morgan fingerprint density at radius 3 is 1.89 bits per heavy atom. The maximum Gasteiger partial charge on any atom is 0.332 e. The molecule has 0 aliphatic carbocycles. The van der Waals surface area contributed by atoms with Gasteiger partial charge in [0.25, 0.3) is 0 Å². The first-order valence-electron chi connectivity index (χ1n) is 5.59. The molecule has 1 rings (SSSR count). The SMILES string of the molecule is C=C(Br)CC1(C(C)C)C(=O)N(C)C(=O)N(C)C1=O. The van der Waals surface area contributed by atoms with Gasteiger partial charge < -0.3 is 0 Å². The Labute approximate surface area is 115 Å². The molecule has 0 N–H and O–H groups in total. The molecule has 0 atom stereocenters. The van der Waals surface area contributed by atoms with Crippen molar-refractivity contribution in [2.75, 3.05) is 14.1 Å². The van der Waals surface area contributed by atoms with Gasteiger partial charge in [-0.05, 0) is 10.4 Å². The van der Waals surface area contributed by atoms with Crippen LogP contribution in [-0.4, -0.2) is 41.7 Å². The van der Waals surface area contributed by atoms with Crippen LogP contribution in [0.25, 0.3) is 0 Å². The highest BCUT2D eigenvalue weighted by molar-refractivity contribution is 9.11. The zero-order valence-electron chi connectivity index (χ0n) is 11.0. The Morgan fingerprint density at radius 2 is 1.61 bits per heavy atom. The van der Waals surface area contributed by atoms with E-state index in [2.05, 4.69) is 22.5 Å². The monoisotopic (exact) mass is 316 g/mol. The first-order valence-corrected chi connectivity index (χ1v) is 6.39. The van der Waals surface area contributed by atoms with Gasteiger partial charge in [-0.25, -0.2) is 4.79 Å². The van der Waals surface area contributed by atoms with Gasteiger partial charge in [0.05, 0.1) is 0 Å². The van der Waals surface area contributed by atoms with Crippen molar-refractivity contribution in [2.45, 2.75) is 20.3 Å². The molecule has 0 unspecified atom stereocenters. The minimum absolute atomic E-state index is 0.185. The fourth-order valence-electron chi connectivity index (χ4n) is 2.24. The number of carbonyl (C=O) groups is 3. The normalized spacial score (nSPS) is 19.8. The Morgan fingerprint density at radius 1 is 1.22 bits per heavy atom. The molecular formula is C12H17BrN2O3. The van der Waals surface area contributed by atoms with E-state index in [0.29, 0.717) is 4.48 Å². The largest absolute Gasteiger partial charge is 0.332 e. The van der Waals surface area contributed by atoms with Crippen LogP contribution < -0.4 is 0 Å². The van der Waals surface area contributed by atoms with Crippen molar-refractivity contribution in [1.29, 1.82) is 0 Å². The summed E-state index contributed by atoms with van der Waals surface area (Å²) in [5.74, 6) is -1.16. The number of rotatable bonds is 3. The van der Waals surface area contributed by atoms with Crippen molar-refractivity contribution in [3.63, 3.8) is 0 Å². The van der Waals surface area contributed by atoms with Crippen LogP contribution in [0.4, 0.5) is 4.79 Å². The van der Waals surface area contributed by atoms with E-state index in [0.717, 1.165) is 9.80 Å². The summed E-state index contributed by atoms with van der Waals surface area (Å²) in [5.41, 5.74) is -1.25. The average molecular weight is 317 g/mol. The lowest BCUT2D eigenvalue weighted by atomic mass is 9.71. The van der Waals surface area contributed by atoms with Gasteiger partial charge in [0.2, 0.25) is 11.8 Å². The van der Waals surface area contributed by atoms with Gasteiger partial charge in [0.15, 0.2) is 0 Å². The van der Waals surface area contributed by atoms with Gasteiger partial charge in [-0.15, -0.1) is 0 Å². The molecule has 1 aliphatic heterocycles. The Kier molecular flexibility index (Phi) is 4.00. The number of allylic oxidation sites excluding steroid dienone is 1. The van der Waals surface area contributed by atoms with Gasteiger partial charge in [-0.2, -0.15) is 0 Å². The van der Waals surface area contributed by atoms with E-state index in [1.165, 1.54) is 14.1 Å². The van der Waals surface area contributed by atoms with Crippen molar-refractivity contribution < 1.29 is 14.4 Å². The number of barbiturate groups is 1. The molecule has 0 bridgehead atoms. The minimum Gasteiger partial charge on any atom is -0.273 e. The fourth-order valence-corrected chi connectivity index (χ4v) is 2.68. The lowest BCUT2D eigenvalue weighted by Gasteiger charge is -2.43. The van der Waals surface area contributed by atoms with Crippen molar-refractivity contribution in [1.82, 2.24) is 9.80 Å². The summed E-state index contributed by atoms with van der Waals surface area (Å²) >= 11 is 3.20. The highest BCUT2D eigenvalue weighted by Gasteiger charge is 2.57. The van der Waals surface area contributed by atoms with Crippen molar-refractivity contribution in [3.8, 4) is 0 Å². The third-order valence-corrected chi connectivity index (χ3v) is 3.68. The number of nitrogens with zero attached hydrogens (tertiary/aromatic N) is 2. The summed E-state index contributed by atoms with van der Waals surface area (Å²) in [4.78, 5) is 38.5. The molecule has 0 spiro atoms. The maximum absolute atomic E-state index is 12.4. The first kappa shape index (κ1) is 14.9. The molecule has 5 nitrogen and oxygen atoms in total. The molecule has 0 aromatic heterocycles. The second-order valence-corrected chi connectivity index (χ2v) is 5.95. The standard InChI is InChI=1S/C12H17BrN2O3/c1-7(2)12(6-8(3)13)9(16)14(4)11(18)15(5)10(12)17/h7H,3,6H2,1-2,4-5H3. The summed E-state index contributed by atoms with van der Waals surface area (Å²) in [7, 11) is 2.78. The van der Waals surface area contributed by atoms with Crippen LogP contribution in [0.15, 0.2) is 11.1 Å². The van der Waals surface area contributed by atoms with Crippen molar-refractivity contribution >= 4 is 33.8 Å². The van der Waals surface area contributed by atoms with Crippen LogP contribution in [0.1, 0.15) is 20.3 Å². The molecule has 1 fully saturated rings. The number of amides is 4. The third kappa shape index (κ3) is 1.98. The molecule has 18 heavy (non-hydrogen) atoms. The van der Waals surface area contributed by atoms with Crippen LogP contribution in [-0.2, 0) is 9.59 Å². The van der Waals surface area contributed by atoms with E-state index in [4.69, 9.17) is 0 Å². The van der Waals surface area contributed by atoms with E-state index in [1.54, 1.807) is 13.8 Å². The van der Waals surface area contributed by atoms with Crippen LogP contribution >= 0.6 is 15.9 Å². The highest BCUT2D eigenvalue weighted by atomic mass is 79.9. The second kappa shape index (κ2) is 4.84. The zero-order valence-corrected chi connectivity index (χ0v) is 12.6. The Bertz CT molecular complexity index is 407.